The van der Waals surface area contributed by atoms with Crippen LogP contribution in [0.1, 0.15) is 16.8 Å². The molecule has 8 heteroatoms. The smallest absolute Gasteiger partial charge is 0.326 e. The van der Waals surface area contributed by atoms with Crippen LogP contribution in [0.5, 0.6) is 0 Å². The highest BCUT2D eigenvalue weighted by Gasteiger charge is 2.22. The molecule has 6 nitrogen and oxygen atoms in total. The van der Waals surface area contributed by atoms with Gasteiger partial charge in [-0.15, -0.1) is 0 Å². The molecule has 1 rings (SSSR count). The van der Waals surface area contributed by atoms with Crippen LogP contribution in [-0.4, -0.2) is 28.9 Å². The maximum absolute atomic E-state index is 11.8. The molecule has 0 radical (unpaired) electrons. The summed E-state index contributed by atoms with van der Waals surface area (Å²) in [4.78, 5) is 33.4. The van der Waals surface area contributed by atoms with Crippen molar-refractivity contribution in [3.63, 3.8) is 0 Å². The number of carboxylic acid groups (broad SMARTS) is 1. The van der Waals surface area contributed by atoms with E-state index in [9.17, 15) is 14.4 Å². The molecule has 0 aliphatic heterocycles. The lowest BCUT2D eigenvalue weighted by Gasteiger charge is -2.13. The molecule has 1 unspecified atom stereocenters. The van der Waals surface area contributed by atoms with Gasteiger partial charge < -0.3 is 16.2 Å². The van der Waals surface area contributed by atoms with Crippen molar-refractivity contribution < 1.29 is 19.5 Å². The van der Waals surface area contributed by atoms with E-state index in [1.165, 1.54) is 18.2 Å². The number of amides is 2. The quantitative estimate of drug-likeness (QED) is 0.755. The zero-order valence-electron chi connectivity index (χ0n) is 9.52. The minimum atomic E-state index is -1.40. The van der Waals surface area contributed by atoms with Crippen molar-refractivity contribution in [1.29, 1.82) is 0 Å². The van der Waals surface area contributed by atoms with Gasteiger partial charge in [0.2, 0.25) is 5.91 Å². The number of nitrogens with two attached hydrogens (primary N) is 1. The molecule has 4 N–H and O–H groups in total. The second-order valence-corrected chi connectivity index (χ2v) is 4.57. The molecule has 1 aromatic rings. The van der Waals surface area contributed by atoms with Gasteiger partial charge in [-0.05, 0) is 18.2 Å². The van der Waals surface area contributed by atoms with Crippen LogP contribution in [0.2, 0.25) is 10.0 Å². The largest absolute Gasteiger partial charge is 0.480 e. The molecule has 0 bridgehead atoms. The van der Waals surface area contributed by atoms with Crippen molar-refractivity contribution >= 4 is 41.0 Å². The van der Waals surface area contributed by atoms with Gasteiger partial charge in [0, 0.05) is 15.6 Å². The summed E-state index contributed by atoms with van der Waals surface area (Å²) >= 11 is 11.4. The molecule has 0 aliphatic carbocycles. The van der Waals surface area contributed by atoms with Crippen molar-refractivity contribution in [3.8, 4) is 0 Å². The van der Waals surface area contributed by atoms with Gasteiger partial charge in [0.05, 0.1) is 6.42 Å². The fourth-order valence-corrected chi connectivity index (χ4v) is 1.85. The van der Waals surface area contributed by atoms with E-state index in [4.69, 9.17) is 34.0 Å². The Bertz CT molecular complexity index is 513. The fraction of sp³-hybridized carbons (Fsp3) is 0.182. The first-order valence-corrected chi connectivity index (χ1v) is 5.83. The summed E-state index contributed by atoms with van der Waals surface area (Å²) in [7, 11) is 0. The second kappa shape index (κ2) is 6.40. The Labute approximate surface area is 118 Å². The van der Waals surface area contributed by atoms with E-state index >= 15 is 0 Å². The lowest BCUT2D eigenvalue weighted by atomic mass is 10.1. The molecule has 1 atom stereocenters. The summed E-state index contributed by atoms with van der Waals surface area (Å²) in [6.07, 6.45) is -0.505. The second-order valence-electron chi connectivity index (χ2n) is 3.69. The predicted molar refractivity (Wildman–Crippen MR) is 69.2 cm³/mol. The van der Waals surface area contributed by atoms with Crippen molar-refractivity contribution in [1.82, 2.24) is 5.32 Å². The van der Waals surface area contributed by atoms with Crippen LogP contribution in [0.15, 0.2) is 18.2 Å². The number of primary amides is 1. The number of carboxylic acids is 1. The first-order valence-electron chi connectivity index (χ1n) is 5.07. The number of benzene rings is 1. The normalized spacial score (nSPS) is 11.7. The Morgan fingerprint density at radius 3 is 2.16 bits per heavy atom. The van der Waals surface area contributed by atoms with E-state index in [2.05, 4.69) is 5.32 Å². The van der Waals surface area contributed by atoms with Crippen LogP contribution in [0, 0.1) is 0 Å². The third-order valence-electron chi connectivity index (χ3n) is 2.13. The number of carbonyl (C=O) groups is 3. The summed E-state index contributed by atoms with van der Waals surface area (Å²) in [6.45, 7) is 0. The molecule has 19 heavy (non-hydrogen) atoms. The first kappa shape index (κ1) is 15.3. The minimum Gasteiger partial charge on any atom is -0.480 e. The number of aliphatic carboxylic acids is 1. The van der Waals surface area contributed by atoms with Crippen LogP contribution >= 0.6 is 23.2 Å². The fourth-order valence-electron chi connectivity index (χ4n) is 1.33. The summed E-state index contributed by atoms with van der Waals surface area (Å²) in [5, 5.41) is 11.5. The summed E-state index contributed by atoms with van der Waals surface area (Å²) in [5.74, 6) is -2.91. The van der Waals surface area contributed by atoms with Crippen LogP contribution in [0.25, 0.3) is 0 Å². The molecule has 102 valence electrons. The zero-order chi connectivity index (χ0) is 14.6. The lowest BCUT2D eigenvalue weighted by molar-refractivity contribution is -0.140. The van der Waals surface area contributed by atoms with Gasteiger partial charge in [-0.25, -0.2) is 4.79 Å². The summed E-state index contributed by atoms with van der Waals surface area (Å²) in [6, 6.07) is 2.68. The molecule has 0 fully saturated rings. The average molecular weight is 305 g/mol. The number of hydrogen-bond donors (Lipinski definition) is 3. The topological polar surface area (TPSA) is 109 Å². The minimum absolute atomic E-state index is 0.0909. The number of hydrogen-bond acceptors (Lipinski definition) is 3. The van der Waals surface area contributed by atoms with E-state index in [0.29, 0.717) is 0 Å². The lowest BCUT2D eigenvalue weighted by Crippen LogP contribution is -2.43. The number of nitrogens with one attached hydrogen (secondary N) is 1. The standard InChI is InChI=1S/C11H10Cl2N2O4/c12-6-1-5(2-7(13)3-6)10(17)15-8(11(18)19)4-9(14)16/h1-3,8H,4H2,(H2,14,16)(H,15,17)(H,18,19). The number of halogens is 2. The third kappa shape index (κ3) is 4.76. The molecular weight excluding hydrogens is 295 g/mol. The molecule has 1 aromatic carbocycles. The Kier molecular flexibility index (Phi) is 5.14. The van der Waals surface area contributed by atoms with Crippen LogP contribution in [-0.2, 0) is 9.59 Å². The van der Waals surface area contributed by atoms with Gasteiger partial charge in [-0.2, -0.15) is 0 Å². The van der Waals surface area contributed by atoms with Gasteiger partial charge in [-0.1, -0.05) is 23.2 Å². The highest BCUT2D eigenvalue weighted by Crippen LogP contribution is 2.19. The van der Waals surface area contributed by atoms with Crippen molar-refractivity contribution in [2.45, 2.75) is 12.5 Å². The Morgan fingerprint density at radius 1 is 1.21 bits per heavy atom. The van der Waals surface area contributed by atoms with Crippen molar-refractivity contribution in [2.24, 2.45) is 5.73 Å². The van der Waals surface area contributed by atoms with E-state index in [1.54, 1.807) is 0 Å². The van der Waals surface area contributed by atoms with E-state index in [0.717, 1.165) is 0 Å². The average Bonchev–Trinajstić information content (AvgIpc) is 2.25. The highest BCUT2D eigenvalue weighted by molar-refractivity contribution is 6.35. The van der Waals surface area contributed by atoms with Crippen molar-refractivity contribution in [3.05, 3.63) is 33.8 Å². The zero-order valence-corrected chi connectivity index (χ0v) is 11.0. The van der Waals surface area contributed by atoms with E-state index in [-0.39, 0.29) is 15.6 Å². The van der Waals surface area contributed by atoms with Crippen molar-refractivity contribution in [2.75, 3.05) is 0 Å². The van der Waals surface area contributed by atoms with Crippen LogP contribution < -0.4 is 11.1 Å². The van der Waals surface area contributed by atoms with E-state index < -0.39 is 30.2 Å². The molecular formula is C11H10Cl2N2O4. The van der Waals surface area contributed by atoms with Gasteiger partial charge in [0.1, 0.15) is 6.04 Å². The molecule has 0 heterocycles. The van der Waals surface area contributed by atoms with Gasteiger partial charge >= 0.3 is 5.97 Å². The molecule has 0 saturated heterocycles. The predicted octanol–water partition coefficient (Wildman–Crippen LogP) is 1.05. The first-order chi connectivity index (χ1) is 8.79. The monoisotopic (exact) mass is 304 g/mol. The van der Waals surface area contributed by atoms with Gasteiger partial charge in [0.15, 0.2) is 0 Å². The van der Waals surface area contributed by atoms with Crippen LogP contribution in [0.4, 0.5) is 0 Å². The molecule has 0 saturated carbocycles. The SMILES string of the molecule is NC(=O)CC(NC(=O)c1cc(Cl)cc(Cl)c1)C(=O)O. The van der Waals surface area contributed by atoms with Gasteiger partial charge in [0.25, 0.3) is 5.91 Å². The maximum Gasteiger partial charge on any atom is 0.326 e. The Balaban J connectivity index is 2.87. The Hall–Kier alpha value is -1.79. The molecule has 0 aromatic heterocycles. The molecule has 0 aliphatic rings. The third-order valence-corrected chi connectivity index (χ3v) is 2.57. The molecule has 0 spiro atoms. The Morgan fingerprint density at radius 2 is 1.74 bits per heavy atom. The van der Waals surface area contributed by atoms with Gasteiger partial charge in [-0.3, -0.25) is 9.59 Å². The maximum atomic E-state index is 11.8. The van der Waals surface area contributed by atoms with E-state index in [1.807, 2.05) is 0 Å². The number of rotatable bonds is 5. The summed E-state index contributed by atoms with van der Waals surface area (Å²) < 4.78 is 0. The van der Waals surface area contributed by atoms with Crippen LogP contribution in [0.3, 0.4) is 0 Å². The highest BCUT2D eigenvalue weighted by atomic mass is 35.5. The molecule has 2 amide bonds. The number of carbonyl (C=O) groups excluding carboxylic acids is 2. The summed E-state index contributed by atoms with van der Waals surface area (Å²) in [5.41, 5.74) is 4.99.